The third kappa shape index (κ3) is 3.61. The standard InChI is InChI=1S/C20H19F2NO2S/c1-3-20(24-2,19-23-9-10-26-19)15-5-4-6-16(12-15)25-13-14-7-8-17(21)18(22)11-14/h4-12H,3,13H2,1-2H3. The molecule has 0 bridgehead atoms. The van der Waals surface area contributed by atoms with E-state index in [1.165, 1.54) is 17.4 Å². The average Bonchev–Trinajstić information content (AvgIpc) is 3.20. The highest BCUT2D eigenvalue weighted by Crippen LogP contribution is 2.38. The zero-order valence-electron chi connectivity index (χ0n) is 14.5. The van der Waals surface area contributed by atoms with E-state index in [1.54, 1.807) is 13.3 Å². The summed E-state index contributed by atoms with van der Waals surface area (Å²) < 4.78 is 38.0. The Labute approximate surface area is 155 Å². The van der Waals surface area contributed by atoms with Gasteiger partial charge in [-0.1, -0.05) is 25.1 Å². The van der Waals surface area contributed by atoms with Crippen LogP contribution in [0.3, 0.4) is 0 Å². The molecule has 0 saturated carbocycles. The first-order valence-electron chi connectivity index (χ1n) is 8.21. The van der Waals surface area contributed by atoms with E-state index in [0.717, 1.165) is 22.7 Å². The van der Waals surface area contributed by atoms with Crippen molar-refractivity contribution in [1.82, 2.24) is 4.98 Å². The molecule has 3 nitrogen and oxygen atoms in total. The average molecular weight is 375 g/mol. The van der Waals surface area contributed by atoms with Crippen LogP contribution in [0.2, 0.25) is 0 Å². The second-order valence-electron chi connectivity index (χ2n) is 5.79. The fourth-order valence-corrected chi connectivity index (χ4v) is 3.79. The van der Waals surface area contributed by atoms with Crippen molar-refractivity contribution in [2.45, 2.75) is 25.6 Å². The van der Waals surface area contributed by atoms with Gasteiger partial charge in [-0.05, 0) is 41.8 Å². The maximum Gasteiger partial charge on any atom is 0.159 e. The molecule has 3 rings (SSSR count). The molecule has 1 unspecified atom stereocenters. The van der Waals surface area contributed by atoms with Crippen LogP contribution in [0.25, 0.3) is 0 Å². The van der Waals surface area contributed by atoms with Gasteiger partial charge in [0.2, 0.25) is 0 Å². The third-order valence-corrected chi connectivity index (χ3v) is 5.23. The van der Waals surface area contributed by atoms with Crippen LogP contribution in [0, 0.1) is 11.6 Å². The van der Waals surface area contributed by atoms with Crippen molar-refractivity contribution in [2.24, 2.45) is 0 Å². The lowest BCUT2D eigenvalue weighted by Gasteiger charge is -2.30. The van der Waals surface area contributed by atoms with Gasteiger partial charge in [-0.15, -0.1) is 11.3 Å². The van der Waals surface area contributed by atoms with Gasteiger partial charge in [0.1, 0.15) is 23.0 Å². The molecule has 0 aliphatic heterocycles. The second kappa shape index (κ2) is 7.93. The Kier molecular flexibility index (Phi) is 5.64. The monoisotopic (exact) mass is 375 g/mol. The van der Waals surface area contributed by atoms with Gasteiger partial charge >= 0.3 is 0 Å². The van der Waals surface area contributed by atoms with Gasteiger partial charge in [0.05, 0.1) is 0 Å². The van der Waals surface area contributed by atoms with Gasteiger partial charge < -0.3 is 9.47 Å². The van der Waals surface area contributed by atoms with Gasteiger partial charge in [0.15, 0.2) is 11.6 Å². The highest BCUT2D eigenvalue weighted by Gasteiger charge is 2.35. The van der Waals surface area contributed by atoms with Crippen LogP contribution in [-0.4, -0.2) is 12.1 Å². The largest absolute Gasteiger partial charge is 0.489 e. The highest BCUT2D eigenvalue weighted by atomic mass is 32.1. The Morgan fingerprint density at radius 2 is 1.96 bits per heavy atom. The van der Waals surface area contributed by atoms with E-state index in [2.05, 4.69) is 4.98 Å². The highest BCUT2D eigenvalue weighted by molar-refractivity contribution is 7.09. The summed E-state index contributed by atoms with van der Waals surface area (Å²) in [4.78, 5) is 4.42. The predicted octanol–water partition coefficient (Wildman–Crippen LogP) is 5.30. The Morgan fingerprint density at radius 3 is 2.62 bits per heavy atom. The Bertz CT molecular complexity index is 864. The maximum atomic E-state index is 13.3. The van der Waals surface area contributed by atoms with Gasteiger partial charge in [-0.3, -0.25) is 0 Å². The van der Waals surface area contributed by atoms with Gasteiger partial charge in [-0.2, -0.15) is 0 Å². The van der Waals surface area contributed by atoms with Gasteiger partial charge in [0.25, 0.3) is 0 Å². The van der Waals surface area contributed by atoms with E-state index >= 15 is 0 Å². The molecular formula is C20H19F2NO2S. The molecule has 26 heavy (non-hydrogen) atoms. The number of nitrogens with zero attached hydrogens (tertiary/aromatic N) is 1. The molecule has 1 aromatic heterocycles. The number of benzene rings is 2. The number of thiazole rings is 1. The molecule has 6 heteroatoms. The lowest BCUT2D eigenvalue weighted by Crippen LogP contribution is -2.29. The van der Waals surface area contributed by atoms with Crippen LogP contribution >= 0.6 is 11.3 Å². The summed E-state index contributed by atoms with van der Waals surface area (Å²) in [7, 11) is 1.67. The van der Waals surface area contributed by atoms with Crippen LogP contribution in [0.15, 0.2) is 54.0 Å². The number of rotatable bonds is 7. The Balaban J connectivity index is 1.84. The first kappa shape index (κ1) is 18.5. The van der Waals surface area contributed by atoms with Crippen molar-refractivity contribution in [1.29, 1.82) is 0 Å². The lowest BCUT2D eigenvalue weighted by molar-refractivity contribution is 0.0182. The molecule has 0 fully saturated rings. The smallest absolute Gasteiger partial charge is 0.159 e. The topological polar surface area (TPSA) is 31.4 Å². The molecule has 0 aliphatic carbocycles. The van der Waals surface area contributed by atoms with Gasteiger partial charge in [0, 0.05) is 18.7 Å². The molecule has 0 spiro atoms. The number of hydrogen-bond donors (Lipinski definition) is 0. The Hall–Kier alpha value is -2.31. The first-order chi connectivity index (χ1) is 12.6. The summed E-state index contributed by atoms with van der Waals surface area (Å²) in [5.41, 5.74) is 0.846. The summed E-state index contributed by atoms with van der Waals surface area (Å²) in [6.45, 7) is 2.18. The number of ether oxygens (including phenoxy) is 2. The van der Waals surface area contributed by atoms with Crippen molar-refractivity contribution in [2.75, 3.05) is 7.11 Å². The van der Waals surface area contributed by atoms with E-state index in [-0.39, 0.29) is 6.61 Å². The van der Waals surface area contributed by atoms with E-state index in [4.69, 9.17) is 9.47 Å². The summed E-state index contributed by atoms with van der Waals surface area (Å²) in [5, 5.41) is 2.79. The molecule has 1 heterocycles. The van der Waals surface area contributed by atoms with Crippen LogP contribution in [-0.2, 0) is 16.9 Å². The zero-order valence-corrected chi connectivity index (χ0v) is 15.4. The normalized spacial score (nSPS) is 13.4. The SMILES string of the molecule is CCC(OC)(c1cccc(OCc2ccc(F)c(F)c2)c1)c1nccs1. The van der Waals surface area contributed by atoms with Crippen molar-refractivity contribution in [3.05, 3.63) is 81.8 Å². The molecule has 3 aromatic rings. The second-order valence-corrected chi connectivity index (χ2v) is 6.68. The summed E-state index contributed by atoms with van der Waals surface area (Å²) in [6.07, 6.45) is 2.47. The fourth-order valence-electron chi connectivity index (χ4n) is 2.88. The molecule has 0 aliphatic rings. The molecule has 2 aromatic carbocycles. The van der Waals surface area contributed by atoms with E-state index in [0.29, 0.717) is 17.7 Å². The van der Waals surface area contributed by atoms with Crippen molar-refractivity contribution in [3.63, 3.8) is 0 Å². The van der Waals surface area contributed by atoms with Crippen molar-refractivity contribution >= 4 is 11.3 Å². The van der Waals surface area contributed by atoms with E-state index in [9.17, 15) is 8.78 Å². The van der Waals surface area contributed by atoms with Crippen molar-refractivity contribution < 1.29 is 18.3 Å². The molecule has 0 radical (unpaired) electrons. The minimum atomic E-state index is -0.881. The predicted molar refractivity (Wildman–Crippen MR) is 97.3 cm³/mol. The van der Waals surface area contributed by atoms with E-state index in [1.807, 2.05) is 36.6 Å². The first-order valence-corrected chi connectivity index (χ1v) is 9.09. The molecule has 0 saturated heterocycles. The minimum Gasteiger partial charge on any atom is -0.489 e. The number of aromatic nitrogens is 1. The summed E-state index contributed by atoms with van der Waals surface area (Å²) >= 11 is 1.54. The number of halogens is 2. The summed E-state index contributed by atoms with van der Waals surface area (Å²) in [6, 6.07) is 11.3. The number of hydrogen-bond acceptors (Lipinski definition) is 4. The molecule has 1 atom stereocenters. The van der Waals surface area contributed by atoms with Crippen LogP contribution in [0.1, 0.15) is 29.5 Å². The van der Waals surface area contributed by atoms with Gasteiger partial charge in [-0.25, -0.2) is 13.8 Å². The third-order valence-electron chi connectivity index (χ3n) is 4.31. The van der Waals surface area contributed by atoms with Crippen molar-refractivity contribution in [3.8, 4) is 5.75 Å². The maximum absolute atomic E-state index is 13.3. The lowest BCUT2D eigenvalue weighted by atomic mass is 9.91. The fraction of sp³-hybridized carbons (Fsp3) is 0.250. The number of methoxy groups -OCH3 is 1. The molecular weight excluding hydrogens is 356 g/mol. The van der Waals surface area contributed by atoms with Crippen LogP contribution in [0.4, 0.5) is 8.78 Å². The van der Waals surface area contributed by atoms with E-state index < -0.39 is 17.2 Å². The Morgan fingerprint density at radius 1 is 1.12 bits per heavy atom. The quantitative estimate of drug-likeness (QED) is 0.561. The zero-order chi connectivity index (χ0) is 18.6. The molecule has 136 valence electrons. The summed E-state index contributed by atoms with van der Waals surface area (Å²) in [5.74, 6) is -1.13. The molecule has 0 N–H and O–H groups in total. The minimum absolute atomic E-state index is 0.143. The molecule has 0 amide bonds. The van der Waals surface area contributed by atoms with Crippen LogP contribution < -0.4 is 4.74 Å². The van der Waals surface area contributed by atoms with Crippen LogP contribution in [0.5, 0.6) is 5.75 Å².